The maximum absolute atomic E-state index is 11.8. The second-order valence-corrected chi connectivity index (χ2v) is 5.28. The monoisotopic (exact) mass is 196 g/mol. The lowest BCUT2D eigenvalue weighted by Gasteiger charge is -2.30. The van der Waals surface area contributed by atoms with E-state index in [0.717, 1.165) is 25.6 Å². The summed E-state index contributed by atoms with van der Waals surface area (Å²) in [4.78, 5) is 13.8. The van der Waals surface area contributed by atoms with Crippen LogP contribution in [-0.2, 0) is 4.79 Å². The molecule has 0 bridgehead atoms. The fraction of sp³-hybridized carbons (Fsp3) is 0.909. The highest BCUT2D eigenvalue weighted by Gasteiger charge is 2.32. The Morgan fingerprint density at radius 2 is 2.21 bits per heavy atom. The van der Waals surface area contributed by atoms with Gasteiger partial charge in [0, 0.05) is 31.6 Å². The van der Waals surface area contributed by atoms with Gasteiger partial charge in [0.05, 0.1) is 0 Å². The molecule has 0 radical (unpaired) electrons. The molecule has 1 amide bonds. The van der Waals surface area contributed by atoms with Crippen LogP contribution in [0.4, 0.5) is 0 Å². The molecule has 1 heterocycles. The van der Waals surface area contributed by atoms with Gasteiger partial charge < -0.3 is 10.2 Å². The quantitative estimate of drug-likeness (QED) is 0.714. The zero-order chi connectivity index (χ0) is 10.2. The summed E-state index contributed by atoms with van der Waals surface area (Å²) in [6.45, 7) is 7.02. The molecule has 2 fully saturated rings. The van der Waals surface area contributed by atoms with E-state index >= 15 is 0 Å². The molecule has 2 rings (SSSR count). The van der Waals surface area contributed by atoms with Crippen LogP contribution in [-0.4, -0.2) is 36.0 Å². The third-order valence-electron chi connectivity index (χ3n) is 3.06. The summed E-state index contributed by atoms with van der Waals surface area (Å²) in [6.07, 6.45) is 3.30. The van der Waals surface area contributed by atoms with Crippen molar-refractivity contribution in [3.8, 4) is 0 Å². The van der Waals surface area contributed by atoms with Gasteiger partial charge in [-0.25, -0.2) is 0 Å². The molecule has 14 heavy (non-hydrogen) atoms. The summed E-state index contributed by atoms with van der Waals surface area (Å²) < 4.78 is 0. The van der Waals surface area contributed by atoms with Gasteiger partial charge in [0.25, 0.3) is 0 Å². The third kappa shape index (κ3) is 2.47. The molecular formula is C11H20N2O. The summed E-state index contributed by atoms with van der Waals surface area (Å²) in [5.74, 6) is 1.13. The van der Waals surface area contributed by atoms with E-state index in [0.29, 0.717) is 12.3 Å². The molecule has 0 spiro atoms. The summed E-state index contributed by atoms with van der Waals surface area (Å²) in [6, 6.07) is 0. The third-order valence-corrected chi connectivity index (χ3v) is 3.06. The van der Waals surface area contributed by atoms with Crippen molar-refractivity contribution in [3.63, 3.8) is 0 Å². The Balaban J connectivity index is 1.98. The minimum absolute atomic E-state index is 0.0844. The van der Waals surface area contributed by atoms with E-state index in [4.69, 9.17) is 0 Å². The number of hydrogen-bond donors (Lipinski definition) is 1. The fourth-order valence-electron chi connectivity index (χ4n) is 2.07. The van der Waals surface area contributed by atoms with E-state index in [1.807, 2.05) is 0 Å². The number of carbonyl (C=O) groups excluding carboxylic acids is 1. The number of amides is 1. The van der Waals surface area contributed by atoms with E-state index in [9.17, 15) is 4.79 Å². The molecule has 1 saturated heterocycles. The van der Waals surface area contributed by atoms with Gasteiger partial charge in [-0.05, 0) is 32.6 Å². The fourth-order valence-corrected chi connectivity index (χ4v) is 2.07. The van der Waals surface area contributed by atoms with E-state index in [-0.39, 0.29) is 5.54 Å². The first-order valence-electron chi connectivity index (χ1n) is 5.60. The molecule has 0 aromatic heterocycles. The van der Waals surface area contributed by atoms with Crippen LogP contribution >= 0.6 is 0 Å². The minimum Gasteiger partial charge on any atom is -0.341 e. The normalized spacial score (nSPS) is 27.6. The first-order valence-corrected chi connectivity index (χ1v) is 5.60. The van der Waals surface area contributed by atoms with Crippen LogP contribution < -0.4 is 5.32 Å². The zero-order valence-corrected chi connectivity index (χ0v) is 9.18. The summed E-state index contributed by atoms with van der Waals surface area (Å²) >= 11 is 0. The molecule has 0 unspecified atom stereocenters. The summed E-state index contributed by atoms with van der Waals surface area (Å²) in [7, 11) is 0. The molecule has 1 saturated carbocycles. The van der Waals surface area contributed by atoms with Gasteiger partial charge in [-0.2, -0.15) is 0 Å². The van der Waals surface area contributed by atoms with Crippen molar-refractivity contribution in [2.75, 3.05) is 19.6 Å². The highest BCUT2D eigenvalue weighted by molar-refractivity contribution is 5.76. The van der Waals surface area contributed by atoms with E-state index in [1.165, 1.54) is 12.8 Å². The molecule has 3 nitrogen and oxygen atoms in total. The topological polar surface area (TPSA) is 32.3 Å². The Hall–Kier alpha value is -0.570. The van der Waals surface area contributed by atoms with Gasteiger partial charge in [0.15, 0.2) is 0 Å². The van der Waals surface area contributed by atoms with Gasteiger partial charge >= 0.3 is 0 Å². The number of nitrogens with zero attached hydrogens (tertiary/aromatic N) is 1. The van der Waals surface area contributed by atoms with Crippen LogP contribution in [0, 0.1) is 5.92 Å². The van der Waals surface area contributed by atoms with E-state index in [1.54, 1.807) is 0 Å². The molecule has 1 N–H and O–H groups in total. The number of hydrogen-bond acceptors (Lipinski definition) is 2. The van der Waals surface area contributed by atoms with E-state index in [2.05, 4.69) is 24.1 Å². The Labute approximate surface area is 85.8 Å². The van der Waals surface area contributed by atoms with E-state index < -0.39 is 0 Å². The summed E-state index contributed by atoms with van der Waals surface area (Å²) in [5.41, 5.74) is 0.0844. The predicted octanol–water partition coefficient (Wildman–Crippen LogP) is 0.997. The number of nitrogens with one attached hydrogen (secondary N) is 1. The van der Waals surface area contributed by atoms with Crippen LogP contribution in [0.2, 0.25) is 0 Å². The minimum atomic E-state index is 0.0844. The highest BCUT2D eigenvalue weighted by Crippen LogP contribution is 2.30. The van der Waals surface area contributed by atoms with Crippen LogP contribution in [0.25, 0.3) is 0 Å². The molecule has 3 heteroatoms. The molecule has 80 valence electrons. The zero-order valence-electron chi connectivity index (χ0n) is 9.18. The second-order valence-electron chi connectivity index (χ2n) is 5.28. The van der Waals surface area contributed by atoms with Crippen LogP contribution in [0.1, 0.15) is 33.1 Å². The molecule has 0 aromatic rings. The standard InChI is InChI=1S/C11H20N2O/c1-11(2)8-13(7-9-3-4-9)10(14)5-6-12-11/h9,12H,3-8H2,1-2H3. The van der Waals surface area contributed by atoms with Crippen molar-refractivity contribution in [1.82, 2.24) is 10.2 Å². The second kappa shape index (κ2) is 3.54. The molecule has 1 aliphatic carbocycles. The number of rotatable bonds is 2. The SMILES string of the molecule is CC1(C)CN(CC2CC2)C(=O)CCN1. The maximum Gasteiger partial charge on any atom is 0.223 e. The van der Waals surface area contributed by atoms with Gasteiger partial charge in [-0.1, -0.05) is 0 Å². The van der Waals surface area contributed by atoms with Crippen molar-refractivity contribution >= 4 is 5.91 Å². The van der Waals surface area contributed by atoms with Crippen molar-refractivity contribution in [1.29, 1.82) is 0 Å². The van der Waals surface area contributed by atoms with Gasteiger partial charge in [0.1, 0.15) is 0 Å². The molecule has 1 aliphatic heterocycles. The van der Waals surface area contributed by atoms with Crippen LogP contribution in [0.5, 0.6) is 0 Å². The van der Waals surface area contributed by atoms with Crippen molar-refractivity contribution < 1.29 is 4.79 Å². The Kier molecular flexibility index (Phi) is 2.52. The Morgan fingerprint density at radius 1 is 1.50 bits per heavy atom. The van der Waals surface area contributed by atoms with Crippen LogP contribution in [0.3, 0.4) is 0 Å². The molecule has 0 aromatic carbocycles. The first kappa shape index (κ1) is 9.97. The predicted molar refractivity (Wildman–Crippen MR) is 56.0 cm³/mol. The highest BCUT2D eigenvalue weighted by atomic mass is 16.2. The smallest absolute Gasteiger partial charge is 0.223 e. The van der Waals surface area contributed by atoms with Crippen molar-refractivity contribution in [2.24, 2.45) is 5.92 Å². The van der Waals surface area contributed by atoms with Gasteiger partial charge in [-0.3, -0.25) is 4.79 Å². The van der Waals surface area contributed by atoms with Crippen molar-refractivity contribution in [3.05, 3.63) is 0 Å². The van der Waals surface area contributed by atoms with Gasteiger partial charge in [-0.15, -0.1) is 0 Å². The van der Waals surface area contributed by atoms with Crippen molar-refractivity contribution in [2.45, 2.75) is 38.6 Å². The average Bonchev–Trinajstić information content (AvgIpc) is 2.85. The molecular weight excluding hydrogens is 176 g/mol. The number of carbonyl (C=O) groups is 1. The average molecular weight is 196 g/mol. The largest absolute Gasteiger partial charge is 0.341 e. The Morgan fingerprint density at radius 3 is 2.86 bits per heavy atom. The Bertz CT molecular complexity index is 233. The first-order chi connectivity index (χ1) is 6.57. The molecule has 0 atom stereocenters. The maximum atomic E-state index is 11.8. The molecule has 2 aliphatic rings. The lowest BCUT2D eigenvalue weighted by molar-refractivity contribution is -0.131. The lowest BCUT2D eigenvalue weighted by atomic mass is 10.1. The van der Waals surface area contributed by atoms with Gasteiger partial charge in [0.2, 0.25) is 5.91 Å². The van der Waals surface area contributed by atoms with Crippen LogP contribution in [0.15, 0.2) is 0 Å². The lowest BCUT2D eigenvalue weighted by Crippen LogP contribution is -2.47. The summed E-state index contributed by atoms with van der Waals surface area (Å²) in [5, 5.41) is 3.41.